The quantitative estimate of drug-likeness (QED) is 0.316. The van der Waals surface area contributed by atoms with Crippen LogP contribution in [0.4, 0.5) is 5.69 Å². The summed E-state index contributed by atoms with van der Waals surface area (Å²) in [4.78, 5) is 53.0. The highest BCUT2D eigenvalue weighted by Gasteiger charge is 2.76. The third kappa shape index (κ3) is 3.36. The number of anilines is 1. The molecule has 10 heteroatoms. The number of aromatic hydroxyl groups is 1. The minimum Gasteiger partial charge on any atom is -0.508 e. The summed E-state index contributed by atoms with van der Waals surface area (Å²) in [5.74, 6) is -5.10. The van der Waals surface area contributed by atoms with Crippen LogP contribution in [0.25, 0.3) is 0 Å². The highest BCUT2D eigenvalue weighted by Crippen LogP contribution is 2.66. The van der Waals surface area contributed by atoms with Crippen LogP contribution >= 0.6 is 34.8 Å². The second-order valence-electron chi connectivity index (χ2n) is 10.7. The Morgan fingerprint density at radius 1 is 0.974 bits per heavy atom. The van der Waals surface area contributed by atoms with Crippen molar-refractivity contribution in [2.24, 2.45) is 17.8 Å². The first kappa shape index (κ1) is 26.4. The van der Waals surface area contributed by atoms with Crippen LogP contribution in [0.15, 0.2) is 54.1 Å². The van der Waals surface area contributed by atoms with E-state index in [0.717, 1.165) is 16.9 Å². The molecule has 3 fully saturated rings. The monoisotopic (exact) mass is 586 g/mol. The highest BCUT2D eigenvalue weighted by molar-refractivity contribution is 6.53. The summed E-state index contributed by atoms with van der Waals surface area (Å²) in [6.07, 6.45) is 2.85. The van der Waals surface area contributed by atoms with Crippen molar-refractivity contribution < 1.29 is 24.3 Å². The molecule has 0 aromatic heterocycles. The molecule has 2 aliphatic carbocycles. The number of aryl methyl sites for hydroxylation is 1. The van der Waals surface area contributed by atoms with Gasteiger partial charge in [-0.3, -0.25) is 29.0 Å². The summed E-state index contributed by atoms with van der Waals surface area (Å²) in [5.41, 5.74) is 2.63. The number of fused-ring (bicyclic) bond motifs is 4. The molecule has 202 valence electrons. The van der Waals surface area contributed by atoms with E-state index in [2.05, 4.69) is 0 Å². The number of hydrogen-bond acceptors (Lipinski definition) is 5. The molecule has 0 spiro atoms. The number of phenolic OH excluding ortho intramolecular Hbond substituents is 1. The van der Waals surface area contributed by atoms with Gasteiger partial charge in [0.15, 0.2) is 9.75 Å². The number of amides is 4. The number of carbonyl (C=O) groups excluding carboxylic acids is 4. The van der Waals surface area contributed by atoms with E-state index >= 15 is 0 Å². The number of hydrogen-bond donors (Lipinski definition) is 1. The van der Waals surface area contributed by atoms with Gasteiger partial charge in [-0.05, 0) is 60.6 Å². The largest absolute Gasteiger partial charge is 0.508 e. The van der Waals surface area contributed by atoms with Gasteiger partial charge in [0.25, 0.3) is 11.8 Å². The number of phenols is 1. The number of allylic oxidation sites excluding steroid dienone is 2. The van der Waals surface area contributed by atoms with Crippen molar-refractivity contribution in [1.29, 1.82) is 0 Å². The molecule has 1 saturated carbocycles. The molecule has 39 heavy (non-hydrogen) atoms. The summed E-state index contributed by atoms with van der Waals surface area (Å²) < 4.78 is 0. The zero-order valence-electron chi connectivity index (χ0n) is 21.2. The van der Waals surface area contributed by atoms with Crippen LogP contribution < -0.4 is 4.90 Å². The zero-order chi connectivity index (χ0) is 28.0. The minimum absolute atomic E-state index is 0.0817. The second-order valence-corrected chi connectivity index (χ2v) is 12.4. The molecule has 0 radical (unpaired) electrons. The maximum atomic E-state index is 14.0. The van der Waals surface area contributed by atoms with Crippen molar-refractivity contribution in [2.45, 2.75) is 41.9 Å². The van der Waals surface area contributed by atoms with Crippen LogP contribution in [0.5, 0.6) is 5.75 Å². The van der Waals surface area contributed by atoms with E-state index in [0.29, 0.717) is 16.8 Å². The number of nitrogens with zero attached hydrogens (tertiary/aromatic N) is 2. The molecule has 4 amide bonds. The summed E-state index contributed by atoms with van der Waals surface area (Å²) >= 11 is 20.8. The lowest BCUT2D eigenvalue weighted by Crippen LogP contribution is -2.60. The number of imide groups is 2. The lowest BCUT2D eigenvalue weighted by Gasteiger charge is -2.51. The van der Waals surface area contributed by atoms with E-state index < -0.39 is 45.2 Å². The van der Waals surface area contributed by atoms with Gasteiger partial charge in [-0.1, -0.05) is 48.4 Å². The number of alkyl halides is 2. The zero-order valence-corrected chi connectivity index (χ0v) is 23.4. The SMILES string of the molecule is CCc1ccc(N2C(=O)[C@H]3[C@H](CC=C4[C@H]3C[C@@]3(Cl)C(=O)N(C)C(=O)[C@@]3(Cl)[C@H]4c3ccc(O)cc3Cl)C2=O)cc1. The van der Waals surface area contributed by atoms with Crippen LogP contribution in [-0.4, -0.2) is 50.4 Å². The van der Waals surface area contributed by atoms with Crippen molar-refractivity contribution in [1.82, 2.24) is 4.90 Å². The molecule has 7 nitrogen and oxygen atoms in total. The van der Waals surface area contributed by atoms with Crippen LogP contribution in [0.3, 0.4) is 0 Å². The fraction of sp³-hybridized carbons (Fsp3) is 0.379. The van der Waals surface area contributed by atoms with Gasteiger partial charge >= 0.3 is 0 Å². The van der Waals surface area contributed by atoms with Gasteiger partial charge in [-0.15, -0.1) is 23.2 Å². The molecule has 2 heterocycles. The van der Waals surface area contributed by atoms with Gasteiger partial charge in [-0.25, -0.2) is 0 Å². The Kier molecular flexibility index (Phi) is 5.96. The number of carbonyl (C=O) groups is 4. The highest BCUT2D eigenvalue weighted by atomic mass is 35.5. The first-order valence-electron chi connectivity index (χ1n) is 12.8. The molecule has 4 aliphatic rings. The molecule has 1 N–H and O–H groups in total. The maximum absolute atomic E-state index is 14.0. The first-order chi connectivity index (χ1) is 18.5. The Bertz CT molecular complexity index is 1490. The van der Waals surface area contributed by atoms with Crippen LogP contribution in [0, 0.1) is 17.8 Å². The predicted molar refractivity (Wildman–Crippen MR) is 147 cm³/mol. The van der Waals surface area contributed by atoms with Crippen LogP contribution in [0.1, 0.15) is 36.8 Å². The first-order valence-corrected chi connectivity index (χ1v) is 13.9. The summed E-state index contributed by atoms with van der Waals surface area (Å²) in [6.45, 7) is 2.02. The minimum atomic E-state index is -1.92. The lowest BCUT2D eigenvalue weighted by molar-refractivity contribution is -0.138. The Balaban J connectivity index is 1.50. The van der Waals surface area contributed by atoms with Crippen molar-refractivity contribution in [3.63, 3.8) is 0 Å². The molecule has 6 atom stereocenters. The molecular formula is C29H25Cl3N2O5. The topological polar surface area (TPSA) is 95.0 Å². The molecule has 2 aliphatic heterocycles. The van der Waals surface area contributed by atoms with Crippen molar-refractivity contribution in [2.75, 3.05) is 11.9 Å². The number of benzene rings is 2. The van der Waals surface area contributed by atoms with Gasteiger partial charge in [0.05, 0.1) is 17.5 Å². The normalized spacial score (nSPS) is 33.7. The standard InChI is InChI=1S/C29H25Cl3N2O5/c1-3-14-4-6-15(7-5-14)34-24(36)19-11-10-17-20(22(19)25(34)37)13-28(31)26(38)33(2)27(39)29(28,32)23(17)18-9-8-16(35)12-21(18)30/h4-10,12,19-20,22-23,35H,3,11,13H2,1-2H3/t19-,20+,22-,23+,28+,29-/m0/s1. The van der Waals surface area contributed by atoms with Crippen LogP contribution in [0.2, 0.25) is 5.02 Å². The van der Waals surface area contributed by atoms with E-state index in [-0.39, 0.29) is 35.4 Å². The average Bonchev–Trinajstić information content (AvgIpc) is 3.24. The molecule has 2 saturated heterocycles. The predicted octanol–water partition coefficient (Wildman–Crippen LogP) is 4.80. The Labute approximate surface area is 240 Å². The molecule has 2 aromatic carbocycles. The number of rotatable bonds is 3. The van der Waals surface area contributed by atoms with E-state index in [1.54, 1.807) is 18.2 Å². The molecule has 0 unspecified atom stereocenters. The number of likely N-dealkylation sites (tertiary alicyclic amines) is 1. The molecule has 6 rings (SSSR count). The van der Waals surface area contributed by atoms with Gasteiger partial charge in [-0.2, -0.15) is 0 Å². The van der Waals surface area contributed by atoms with Crippen LogP contribution in [-0.2, 0) is 25.6 Å². The fourth-order valence-corrected chi connectivity index (χ4v) is 8.27. The maximum Gasteiger partial charge on any atom is 0.253 e. The van der Waals surface area contributed by atoms with E-state index in [4.69, 9.17) is 34.8 Å². The summed E-state index contributed by atoms with van der Waals surface area (Å²) in [6, 6.07) is 11.6. The Morgan fingerprint density at radius 2 is 1.67 bits per heavy atom. The summed E-state index contributed by atoms with van der Waals surface area (Å²) in [7, 11) is 1.33. The Morgan fingerprint density at radius 3 is 2.31 bits per heavy atom. The molecular weight excluding hydrogens is 563 g/mol. The summed E-state index contributed by atoms with van der Waals surface area (Å²) in [5, 5.41) is 10.1. The van der Waals surface area contributed by atoms with Crippen molar-refractivity contribution in [3.8, 4) is 5.75 Å². The average molecular weight is 588 g/mol. The van der Waals surface area contributed by atoms with Gasteiger partial charge in [0.2, 0.25) is 11.8 Å². The van der Waals surface area contributed by atoms with Gasteiger partial charge in [0, 0.05) is 18.0 Å². The third-order valence-corrected chi connectivity index (χ3v) is 10.7. The van der Waals surface area contributed by atoms with E-state index in [1.807, 2.05) is 25.1 Å². The third-order valence-electron chi connectivity index (χ3n) is 8.91. The molecule has 2 aromatic rings. The Hall–Kier alpha value is -2.87. The fourth-order valence-electron chi connectivity index (χ4n) is 6.97. The van der Waals surface area contributed by atoms with Gasteiger partial charge < -0.3 is 5.11 Å². The van der Waals surface area contributed by atoms with E-state index in [1.165, 1.54) is 24.1 Å². The van der Waals surface area contributed by atoms with Crippen molar-refractivity contribution in [3.05, 3.63) is 70.3 Å². The van der Waals surface area contributed by atoms with E-state index in [9.17, 15) is 24.3 Å². The van der Waals surface area contributed by atoms with Gasteiger partial charge in [0.1, 0.15) is 5.75 Å². The smallest absolute Gasteiger partial charge is 0.253 e. The lowest BCUT2D eigenvalue weighted by atomic mass is 9.56. The number of halogens is 3. The second kappa shape index (κ2) is 8.82. The van der Waals surface area contributed by atoms with Crippen molar-refractivity contribution >= 4 is 64.1 Å². The molecule has 0 bridgehead atoms.